The van der Waals surface area contributed by atoms with Crippen LogP contribution in [-0.4, -0.2) is 31.4 Å². The van der Waals surface area contributed by atoms with Crippen molar-refractivity contribution in [3.8, 4) is 17.4 Å². The van der Waals surface area contributed by atoms with Crippen LogP contribution < -0.4 is 20.5 Å². The van der Waals surface area contributed by atoms with E-state index in [-0.39, 0.29) is 5.75 Å². The van der Waals surface area contributed by atoms with Crippen molar-refractivity contribution in [3.05, 3.63) is 36.4 Å². The summed E-state index contributed by atoms with van der Waals surface area (Å²) < 4.78 is 9.74. The van der Waals surface area contributed by atoms with Crippen molar-refractivity contribution in [2.45, 2.75) is 0 Å². The summed E-state index contributed by atoms with van der Waals surface area (Å²) in [6.07, 6.45) is 0. The first kappa shape index (κ1) is 15.4. The molecular formula is C14H19N3O3. The summed E-state index contributed by atoms with van der Waals surface area (Å²) in [5.74, 6) is 2.11. The Morgan fingerprint density at radius 1 is 1.15 bits per heavy atom. The van der Waals surface area contributed by atoms with E-state index in [4.69, 9.17) is 20.3 Å². The molecule has 1 aromatic heterocycles. The minimum atomic E-state index is 0.231. The van der Waals surface area contributed by atoms with Crippen LogP contribution in [0.4, 0.5) is 11.5 Å². The highest BCUT2D eigenvalue weighted by Crippen LogP contribution is 2.18. The van der Waals surface area contributed by atoms with Gasteiger partial charge < -0.3 is 25.6 Å². The van der Waals surface area contributed by atoms with Crippen molar-refractivity contribution in [1.29, 1.82) is 0 Å². The first-order valence-corrected chi connectivity index (χ1v) is 5.92. The third-order valence-corrected chi connectivity index (χ3v) is 2.40. The summed E-state index contributed by atoms with van der Waals surface area (Å²) in [7, 11) is 4.89. The molecule has 1 aromatic carbocycles. The number of benzene rings is 1. The monoisotopic (exact) mass is 277 g/mol. The maximum absolute atomic E-state index is 8.86. The van der Waals surface area contributed by atoms with Crippen molar-refractivity contribution in [1.82, 2.24) is 4.98 Å². The summed E-state index contributed by atoms with van der Waals surface area (Å²) >= 11 is 0. The smallest absolute Gasteiger partial charge is 0.215 e. The van der Waals surface area contributed by atoms with Crippen LogP contribution in [0.1, 0.15) is 0 Å². The maximum Gasteiger partial charge on any atom is 0.215 e. The number of nitrogens with two attached hydrogens (primary N) is 1. The van der Waals surface area contributed by atoms with Crippen LogP contribution in [0.25, 0.3) is 0 Å². The minimum Gasteiger partial charge on any atom is -0.508 e. The topological polar surface area (TPSA) is 89.6 Å². The summed E-state index contributed by atoms with van der Waals surface area (Å²) in [4.78, 5) is 4.05. The van der Waals surface area contributed by atoms with Gasteiger partial charge in [-0.1, -0.05) is 6.07 Å². The Bertz CT molecular complexity index is 547. The normalized spacial score (nSPS) is 9.15. The number of nitrogen functional groups attached to an aromatic ring is 1. The molecule has 20 heavy (non-hydrogen) atoms. The predicted octanol–water partition coefficient (Wildman–Crippen LogP) is 2.11. The second kappa shape index (κ2) is 7.73. The molecule has 0 bridgehead atoms. The molecule has 0 saturated heterocycles. The van der Waals surface area contributed by atoms with Gasteiger partial charge in [0.2, 0.25) is 5.88 Å². The highest BCUT2D eigenvalue weighted by atomic mass is 16.5. The molecule has 0 unspecified atom stereocenters. The van der Waals surface area contributed by atoms with Crippen LogP contribution in [-0.2, 0) is 0 Å². The summed E-state index contributed by atoms with van der Waals surface area (Å²) in [5, 5.41) is 11.7. The molecule has 0 atom stereocenters. The number of aromatic nitrogens is 1. The van der Waals surface area contributed by atoms with E-state index in [1.165, 1.54) is 0 Å². The van der Waals surface area contributed by atoms with Gasteiger partial charge >= 0.3 is 0 Å². The van der Waals surface area contributed by atoms with Gasteiger partial charge in [-0.2, -0.15) is 4.98 Å². The van der Waals surface area contributed by atoms with Gasteiger partial charge in [-0.15, -0.1) is 0 Å². The van der Waals surface area contributed by atoms with Gasteiger partial charge in [0.05, 0.1) is 19.9 Å². The molecule has 108 valence electrons. The second-order valence-corrected chi connectivity index (χ2v) is 3.74. The zero-order chi connectivity index (χ0) is 15.0. The molecule has 6 nitrogen and oxygen atoms in total. The SMILES string of the molecule is CNc1nc(OC)ccc1N.COc1cccc(O)c1. The Hall–Kier alpha value is -2.63. The summed E-state index contributed by atoms with van der Waals surface area (Å²) in [5.41, 5.74) is 6.19. The van der Waals surface area contributed by atoms with Crippen molar-refractivity contribution in [2.75, 3.05) is 32.3 Å². The second-order valence-electron chi connectivity index (χ2n) is 3.74. The van der Waals surface area contributed by atoms with E-state index >= 15 is 0 Å². The van der Waals surface area contributed by atoms with Crippen LogP contribution in [0, 0.1) is 0 Å². The van der Waals surface area contributed by atoms with E-state index < -0.39 is 0 Å². The number of nitrogens with zero attached hydrogens (tertiary/aromatic N) is 1. The molecule has 0 aliphatic rings. The van der Waals surface area contributed by atoms with Gasteiger partial charge in [0.15, 0.2) is 5.82 Å². The predicted molar refractivity (Wildman–Crippen MR) is 79.4 cm³/mol. The fourth-order valence-electron chi connectivity index (χ4n) is 1.38. The van der Waals surface area contributed by atoms with Gasteiger partial charge in [0, 0.05) is 19.2 Å². The van der Waals surface area contributed by atoms with Crippen LogP contribution >= 0.6 is 0 Å². The lowest BCUT2D eigenvalue weighted by atomic mass is 10.3. The number of phenolic OH excluding ortho intramolecular Hbond substituents is 1. The highest BCUT2D eigenvalue weighted by Gasteiger charge is 1.99. The first-order chi connectivity index (χ1) is 9.60. The average molecular weight is 277 g/mol. The minimum absolute atomic E-state index is 0.231. The third kappa shape index (κ3) is 4.56. The molecule has 1 heterocycles. The lowest BCUT2D eigenvalue weighted by Gasteiger charge is -2.04. The molecule has 0 spiro atoms. The van der Waals surface area contributed by atoms with Gasteiger partial charge in [0.25, 0.3) is 0 Å². The van der Waals surface area contributed by atoms with Gasteiger partial charge in [-0.3, -0.25) is 0 Å². The number of hydrogen-bond donors (Lipinski definition) is 3. The van der Waals surface area contributed by atoms with Crippen molar-refractivity contribution in [2.24, 2.45) is 0 Å². The standard InChI is InChI=1S/C7H11N3O.C7H8O2/c1-9-7-5(8)3-4-6(10-7)11-2;1-9-7-4-2-3-6(8)5-7/h3-4H,8H2,1-2H3,(H,9,10);2-5,8H,1H3. The Morgan fingerprint density at radius 3 is 2.40 bits per heavy atom. The molecule has 0 fully saturated rings. The van der Waals surface area contributed by atoms with E-state index in [9.17, 15) is 0 Å². The first-order valence-electron chi connectivity index (χ1n) is 5.92. The zero-order valence-corrected chi connectivity index (χ0v) is 11.8. The molecule has 2 rings (SSSR count). The number of rotatable bonds is 3. The van der Waals surface area contributed by atoms with Gasteiger partial charge in [0.1, 0.15) is 11.5 Å². The van der Waals surface area contributed by atoms with Gasteiger partial charge in [-0.25, -0.2) is 0 Å². The average Bonchev–Trinajstić information content (AvgIpc) is 2.48. The quantitative estimate of drug-likeness (QED) is 0.796. The van der Waals surface area contributed by atoms with E-state index in [1.807, 2.05) is 0 Å². The van der Waals surface area contributed by atoms with E-state index in [0.717, 1.165) is 0 Å². The van der Waals surface area contributed by atoms with Crippen molar-refractivity contribution >= 4 is 11.5 Å². The Kier molecular flexibility index (Phi) is 5.96. The molecule has 0 radical (unpaired) electrons. The van der Waals surface area contributed by atoms with Crippen LogP contribution in [0.3, 0.4) is 0 Å². The van der Waals surface area contributed by atoms with Crippen LogP contribution in [0.2, 0.25) is 0 Å². The van der Waals surface area contributed by atoms with Crippen molar-refractivity contribution in [3.63, 3.8) is 0 Å². The van der Waals surface area contributed by atoms with Crippen LogP contribution in [0.15, 0.2) is 36.4 Å². The Balaban J connectivity index is 0.000000204. The highest BCUT2D eigenvalue weighted by molar-refractivity contribution is 5.61. The van der Waals surface area contributed by atoms with E-state index in [2.05, 4.69) is 10.3 Å². The molecule has 6 heteroatoms. The Labute approximate surface area is 118 Å². The summed E-state index contributed by atoms with van der Waals surface area (Å²) in [6, 6.07) is 10.1. The number of methoxy groups -OCH3 is 2. The number of pyridine rings is 1. The molecule has 0 aliphatic carbocycles. The lowest BCUT2D eigenvalue weighted by molar-refractivity contribution is 0.398. The molecule has 2 aromatic rings. The fourth-order valence-corrected chi connectivity index (χ4v) is 1.38. The molecule has 0 aliphatic heterocycles. The van der Waals surface area contributed by atoms with E-state index in [0.29, 0.717) is 23.1 Å². The fraction of sp³-hybridized carbons (Fsp3) is 0.214. The number of anilines is 2. The lowest BCUT2D eigenvalue weighted by Crippen LogP contribution is -1.99. The molecule has 0 amide bonds. The summed E-state index contributed by atoms with van der Waals surface area (Å²) in [6.45, 7) is 0. The number of aromatic hydroxyl groups is 1. The largest absolute Gasteiger partial charge is 0.508 e. The number of nitrogens with one attached hydrogen (secondary N) is 1. The third-order valence-electron chi connectivity index (χ3n) is 2.40. The number of ether oxygens (including phenoxy) is 2. The Morgan fingerprint density at radius 2 is 1.90 bits per heavy atom. The van der Waals surface area contributed by atoms with Crippen molar-refractivity contribution < 1.29 is 14.6 Å². The van der Waals surface area contributed by atoms with Gasteiger partial charge in [-0.05, 0) is 18.2 Å². The van der Waals surface area contributed by atoms with Crippen LogP contribution in [0.5, 0.6) is 17.4 Å². The number of hydrogen-bond acceptors (Lipinski definition) is 6. The molecular weight excluding hydrogens is 258 g/mol. The maximum atomic E-state index is 8.86. The molecule has 0 saturated carbocycles. The van der Waals surface area contributed by atoms with E-state index in [1.54, 1.807) is 57.7 Å². The zero-order valence-electron chi connectivity index (χ0n) is 11.8. The molecule has 4 N–H and O–H groups in total. The number of phenols is 1.